The molecule has 2 unspecified atom stereocenters. The van der Waals surface area contributed by atoms with Crippen molar-refractivity contribution in [1.29, 1.82) is 5.26 Å². The summed E-state index contributed by atoms with van der Waals surface area (Å²) in [5.74, 6) is 1.74. The molecule has 0 saturated carbocycles. The maximum atomic E-state index is 12.6. The molecule has 6 rings (SSSR count). The van der Waals surface area contributed by atoms with E-state index in [1.807, 2.05) is 0 Å². The zero-order chi connectivity index (χ0) is 29.2. The quantitative estimate of drug-likeness (QED) is 0.491. The number of para-hydroxylation sites is 1. The van der Waals surface area contributed by atoms with Gasteiger partial charge < -0.3 is 24.5 Å². The second-order valence-electron chi connectivity index (χ2n) is 12.5. The lowest BCUT2D eigenvalue weighted by atomic mass is 9.88. The van der Waals surface area contributed by atoms with E-state index in [0.717, 1.165) is 69.9 Å². The van der Waals surface area contributed by atoms with Crippen molar-refractivity contribution in [3.8, 4) is 6.07 Å². The molecule has 1 aromatic carbocycles. The van der Waals surface area contributed by atoms with Gasteiger partial charge in [-0.15, -0.1) is 0 Å². The third-order valence-electron chi connectivity index (χ3n) is 9.85. The normalized spacial score (nSPS) is 22.9. The van der Waals surface area contributed by atoms with Crippen molar-refractivity contribution in [2.45, 2.75) is 69.5 Å². The second-order valence-corrected chi connectivity index (χ2v) is 12.5. The smallest absolute Gasteiger partial charge is 0.246 e. The number of aryl methyl sites for hydroxylation is 1. The average Bonchev–Trinajstić information content (AvgIpc) is 3.03. The molecule has 0 N–H and O–H groups in total. The minimum Gasteiger partial charge on any atom is -0.368 e. The maximum Gasteiger partial charge on any atom is 0.246 e. The first kappa shape index (κ1) is 28.5. The highest BCUT2D eigenvalue weighted by Crippen LogP contribution is 2.37. The number of hydrogen-bond acceptors (Lipinski definition) is 8. The fourth-order valence-electron chi connectivity index (χ4n) is 7.49. The van der Waals surface area contributed by atoms with E-state index in [-0.39, 0.29) is 11.9 Å². The molecule has 1 amide bonds. The molecule has 1 aliphatic carbocycles. The van der Waals surface area contributed by atoms with Crippen molar-refractivity contribution in [3.05, 3.63) is 53.7 Å². The molecule has 222 valence electrons. The van der Waals surface area contributed by atoms with E-state index in [1.54, 1.807) is 4.90 Å². The van der Waals surface area contributed by atoms with Crippen molar-refractivity contribution >= 4 is 23.4 Å². The molecule has 0 bridgehead atoms. The summed E-state index contributed by atoms with van der Waals surface area (Å²) in [5.41, 5.74) is 5.27. The molecular formula is C33H44N8O. The first-order valence-corrected chi connectivity index (χ1v) is 15.7. The van der Waals surface area contributed by atoms with Gasteiger partial charge in [0.25, 0.3) is 0 Å². The molecule has 1 aromatic heterocycles. The van der Waals surface area contributed by atoms with Crippen LogP contribution in [0.3, 0.4) is 0 Å². The predicted molar refractivity (Wildman–Crippen MR) is 167 cm³/mol. The summed E-state index contributed by atoms with van der Waals surface area (Å²) < 4.78 is 0. The van der Waals surface area contributed by atoms with Gasteiger partial charge in [-0.05, 0) is 70.3 Å². The molecule has 2 fully saturated rings. The number of nitriles is 1. The highest BCUT2D eigenvalue weighted by Gasteiger charge is 2.36. The minimum atomic E-state index is -0.180. The van der Waals surface area contributed by atoms with Crippen LogP contribution in [-0.2, 0) is 24.1 Å². The Labute approximate surface area is 250 Å². The number of hydrogen-bond donors (Lipinski definition) is 0. The Kier molecular flexibility index (Phi) is 8.34. The van der Waals surface area contributed by atoms with Crippen LogP contribution >= 0.6 is 0 Å². The highest BCUT2D eigenvalue weighted by atomic mass is 16.2. The van der Waals surface area contributed by atoms with Crippen LogP contribution < -0.4 is 14.7 Å². The van der Waals surface area contributed by atoms with Crippen molar-refractivity contribution in [1.82, 2.24) is 19.8 Å². The number of carbonyl (C=O) groups is 1. The van der Waals surface area contributed by atoms with Crippen LogP contribution in [0, 0.1) is 11.3 Å². The van der Waals surface area contributed by atoms with Crippen molar-refractivity contribution in [2.75, 3.05) is 68.1 Å². The molecule has 42 heavy (non-hydrogen) atoms. The molecule has 9 heteroatoms. The van der Waals surface area contributed by atoms with E-state index >= 15 is 0 Å². The third kappa shape index (κ3) is 5.57. The van der Waals surface area contributed by atoms with Gasteiger partial charge in [-0.1, -0.05) is 24.8 Å². The molecular weight excluding hydrogens is 524 g/mol. The second kappa shape index (κ2) is 12.3. The molecule has 0 radical (unpaired) electrons. The predicted octanol–water partition coefficient (Wildman–Crippen LogP) is 3.43. The van der Waals surface area contributed by atoms with Crippen LogP contribution in [0.4, 0.5) is 17.5 Å². The fourth-order valence-corrected chi connectivity index (χ4v) is 7.49. The number of carbonyl (C=O) groups excluding carboxylic acids is 1. The van der Waals surface area contributed by atoms with Gasteiger partial charge in [0, 0.05) is 69.0 Å². The summed E-state index contributed by atoms with van der Waals surface area (Å²) in [5, 5.41) is 9.56. The van der Waals surface area contributed by atoms with Gasteiger partial charge in [-0.2, -0.15) is 10.2 Å². The van der Waals surface area contributed by atoms with Crippen LogP contribution in [0.5, 0.6) is 0 Å². The Morgan fingerprint density at radius 2 is 1.88 bits per heavy atom. The topological polar surface area (TPSA) is 82.8 Å². The maximum absolute atomic E-state index is 12.6. The number of piperidine rings is 1. The Morgan fingerprint density at radius 3 is 2.64 bits per heavy atom. The van der Waals surface area contributed by atoms with Crippen molar-refractivity contribution in [3.63, 3.8) is 0 Å². The van der Waals surface area contributed by atoms with Gasteiger partial charge in [0.05, 0.1) is 24.2 Å². The molecule has 4 heterocycles. The fraction of sp³-hybridized carbons (Fsp3) is 0.576. The molecule has 3 aliphatic heterocycles. The lowest BCUT2D eigenvalue weighted by Gasteiger charge is -2.43. The number of anilines is 3. The van der Waals surface area contributed by atoms with E-state index in [4.69, 9.17) is 9.97 Å². The number of rotatable bonds is 6. The monoisotopic (exact) mass is 568 g/mol. The average molecular weight is 569 g/mol. The summed E-state index contributed by atoms with van der Waals surface area (Å²) in [4.78, 5) is 34.6. The van der Waals surface area contributed by atoms with E-state index in [1.165, 1.54) is 35.0 Å². The van der Waals surface area contributed by atoms with Crippen molar-refractivity contribution < 1.29 is 4.79 Å². The van der Waals surface area contributed by atoms with Gasteiger partial charge in [0.15, 0.2) is 0 Å². The zero-order valence-electron chi connectivity index (χ0n) is 25.2. The van der Waals surface area contributed by atoms with Crippen molar-refractivity contribution in [2.24, 2.45) is 0 Å². The number of aromatic nitrogens is 2. The first-order chi connectivity index (χ1) is 20.5. The van der Waals surface area contributed by atoms with Gasteiger partial charge in [-0.25, -0.2) is 4.98 Å². The molecule has 2 atom stereocenters. The summed E-state index contributed by atoms with van der Waals surface area (Å²) in [6.07, 6.45) is 9.12. The van der Waals surface area contributed by atoms with Gasteiger partial charge >= 0.3 is 0 Å². The number of fused-ring (bicyclic) bond motifs is 2. The molecule has 0 spiro atoms. The van der Waals surface area contributed by atoms with Crippen LogP contribution in [0.15, 0.2) is 36.9 Å². The van der Waals surface area contributed by atoms with Crippen LogP contribution in [0.2, 0.25) is 0 Å². The van der Waals surface area contributed by atoms with Gasteiger partial charge in [-0.3, -0.25) is 4.79 Å². The van der Waals surface area contributed by atoms with E-state index < -0.39 is 0 Å². The molecule has 2 saturated heterocycles. The standard InChI is InChI=1S/C33H44N8O/c1-4-31(42)41-21-20-39(23-27(41)13-16-34)32-28-12-11-26(40-17-7-9-24-8-5-6-10-30(24)40)22-29(28)35-33(36-32)38-18-14-25(15-19-38)37(2)3/h4-6,8,10,25-27H,1,7,9,11-15,17-23H2,2-3H3. The SMILES string of the molecule is C=CC(=O)N1CCN(c2nc(N3CCC(N(C)C)CC3)nc3c2CCC(N2CCCc4ccccc42)C3)CC1CC#N. The van der Waals surface area contributed by atoms with Crippen LogP contribution in [0.25, 0.3) is 0 Å². The molecule has 2 aromatic rings. The lowest BCUT2D eigenvalue weighted by molar-refractivity contribution is -0.128. The largest absolute Gasteiger partial charge is 0.368 e. The Hall–Kier alpha value is -3.64. The van der Waals surface area contributed by atoms with E-state index in [0.29, 0.717) is 38.1 Å². The first-order valence-electron chi connectivity index (χ1n) is 15.7. The Bertz CT molecular complexity index is 1340. The number of piperazine rings is 1. The van der Waals surface area contributed by atoms with Gasteiger partial charge in [0.1, 0.15) is 5.82 Å². The lowest BCUT2D eigenvalue weighted by Crippen LogP contribution is -2.55. The van der Waals surface area contributed by atoms with E-state index in [9.17, 15) is 10.1 Å². The summed E-state index contributed by atoms with van der Waals surface area (Å²) >= 11 is 0. The molecule has 9 nitrogen and oxygen atoms in total. The summed E-state index contributed by atoms with van der Waals surface area (Å²) in [6, 6.07) is 12.0. The van der Waals surface area contributed by atoms with E-state index in [2.05, 4.69) is 70.6 Å². The number of benzene rings is 1. The number of nitrogens with zero attached hydrogens (tertiary/aromatic N) is 8. The third-order valence-corrected chi connectivity index (χ3v) is 9.85. The van der Waals surface area contributed by atoms with Gasteiger partial charge in [0.2, 0.25) is 11.9 Å². The Balaban J connectivity index is 1.32. The van der Waals surface area contributed by atoms with Crippen LogP contribution in [0.1, 0.15) is 48.9 Å². The van der Waals surface area contributed by atoms with Crippen LogP contribution in [-0.4, -0.2) is 97.2 Å². The summed E-state index contributed by atoms with van der Waals surface area (Å²) in [6.45, 7) is 8.52. The minimum absolute atomic E-state index is 0.103. The molecule has 4 aliphatic rings. The highest BCUT2D eigenvalue weighted by molar-refractivity contribution is 5.87. The summed E-state index contributed by atoms with van der Waals surface area (Å²) in [7, 11) is 4.34. The Morgan fingerprint density at radius 1 is 1.07 bits per heavy atom. The zero-order valence-corrected chi connectivity index (χ0v) is 25.2. The number of amides is 1.